The molecule has 0 unspecified atom stereocenters. The average Bonchev–Trinajstić information content (AvgIpc) is 2.39. The summed E-state index contributed by atoms with van der Waals surface area (Å²) in [6, 6.07) is 11.2. The molecule has 0 aromatic heterocycles. The van der Waals surface area contributed by atoms with Crippen LogP contribution in [0.3, 0.4) is 0 Å². The number of para-hydroxylation sites is 1. The summed E-state index contributed by atoms with van der Waals surface area (Å²) < 4.78 is 0. The van der Waals surface area contributed by atoms with E-state index in [1.165, 1.54) is 37.2 Å². The summed E-state index contributed by atoms with van der Waals surface area (Å²) in [7, 11) is 0. The molecule has 0 amide bonds. The second-order valence-electron chi connectivity index (χ2n) is 5.37. The lowest BCUT2D eigenvalue weighted by atomic mass is 10.0. The Kier molecular flexibility index (Phi) is 4.82. The number of piperidine rings is 1. The molecule has 0 aliphatic carbocycles. The van der Waals surface area contributed by atoms with Crippen LogP contribution in [-0.2, 0) is 0 Å². The van der Waals surface area contributed by atoms with Gasteiger partial charge in [0.25, 0.3) is 0 Å². The van der Waals surface area contributed by atoms with Crippen molar-refractivity contribution in [2.24, 2.45) is 0 Å². The molecule has 0 bridgehead atoms. The number of likely N-dealkylation sites (tertiary alicyclic amines) is 1. The van der Waals surface area contributed by atoms with E-state index in [2.05, 4.69) is 60.5 Å². The number of benzene rings is 1. The Labute approximate surface area is 111 Å². The van der Waals surface area contributed by atoms with Crippen LogP contribution >= 0.6 is 0 Å². The average molecular weight is 244 g/mol. The Bertz CT molecular complexity index is 371. The number of nitrogens with zero attached hydrogens (tertiary/aromatic N) is 1. The van der Waals surface area contributed by atoms with Crippen LogP contribution in [0.2, 0.25) is 0 Å². The molecular formula is C16H24N2. The van der Waals surface area contributed by atoms with Gasteiger partial charge in [0.15, 0.2) is 0 Å². The molecule has 0 atom stereocenters. The third-order valence-electron chi connectivity index (χ3n) is 3.49. The molecule has 1 aromatic carbocycles. The Morgan fingerprint density at radius 1 is 1.22 bits per heavy atom. The number of hydrogen-bond donors (Lipinski definition) is 1. The van der Waals surface area contributed by atoms with E-state index in [1.54, 1.807) is 0 Å². The van der Waals surface area contributed by atoms with Crippen molar-refractivity contribution in [2.45, 2.75) is 32.7 Å². The van der Waals surface area contributed by atoms with Gasteiger partial charge in [-0.2, -0.15) is 0 Å². The zero-order chi connectivity index (χ0) is 12.8. The quantitative estimate of drug-likeness (QED) is 0.815. The number of rotatable bonds is 4. The lowest BCUT2D eigenvalue weighted by Gasteiger charge is -2.32. The van der Waals surface area contributed by atoms with E-state index in [-0.39, 0.29) is 0 Å². The molecule has 0 spiro atoms. The van der Waals surface area contributed by atoms with Crippen LogP contribution in [0.1, 0.15) is 26.7 Å². The van der Waals surface area contributed by atoms with Crippen LogP contribution in [0.25, 0.3) is 0 Å². The van der Waals surface area contributed by atoms with E-state index >= 15 is 0 Å². The van der Waals surface area contributed by atoms with Gasteiger partial charge in [0.05, 0.1) is 0 Å². The topological polar surface area (TPSA) is 15.3 Å². The number of anilines is 1. The van der Waals surface area contributed by atoms with Gasteiger partial charge < -0.3 is 5.32 Å². The monoisotopic (exact) mass is 244 g/mol. The molecule has 1 N–H and O–H groups in total. The standard InChI is InChI=1S/C16H24N2/c1-14(2)8-11-18-12-9-16(10-13-18)17-15-6-4-3-5-7-15/h3-8,16-17H,9-13H2,1-2H3. The van der Waals surface area contributed by atoms with E-state index in [1.807, 2.05) is 0 Å². The summed E-state index contributed by atoms with van der Waals surface area (Å²) in [4.78, 5) is 2.54. The lowest BCUT2D eigenvalue weighted by Crippen LogP contribution is -2.39. The first-order chi connectivity index (χ1) is 8.74. The zero-order valence-corrected chi connectivity index (χ0v) is 11.5. The highest BCUT2D eigenvalue weighted by Gasteiger charge is 2.17. The Morgan fingerprint density at radius 3 is 2.50 bits per heavy atom. The van der Waals surface area contributed by atoms with Gasteiger partial charge in [-0.1, -0.05) is 29.8 Å². The summed E-state index contributed by atoms with van der Waals surface area (Å²) >= 11 is 0. The van der Waals surface area contributed by atoms with Crippen LogP contribution in [-0.4, -0.2) is 30.6 Å². The van der Waals surface area contributed by atoms with Crippen molar-refractivity contribution in [2.75, 3.05) is 25.0 Å². The van der Waals surface area contributed by atoms with Crippen LogP contribution in [0.4, 0.5) is 5.69 Å². The van der Waals surface area contributed by atoms with Gasteiger partial charge in [0, 0.05) is 31.4 Å². The third kappa shape index (κ3) is 4.19. The van der Waals surface area contributed by atoms with Crippen LogP contribution in [0, 0.1) is 0 Å². The van der Waals surface area contributed by atoms with Crippen molar-refractivity contribution in [3.63, 3.8) is 0 Å². The van der Waals surface area contributed by atoms with Gasteiger partial charge in [-0.15, -0.1) is 0 Å². The molecular weight excluding hydrogens is 220 g/mol. The number of nitrogens with one attached hydrogen (secondary N) is 1. The fraction of sp³-hybridized carbons (Fsp3) is 0.500. The van der Waals surface area contributed by atoms with Crippen LogP contribution in [0.15, 0.2) is 42.0 Å². The zero-order valence-electron chi connectivity index (χ0n) is 11.5. The van der Waals surface area contributed by atoms with Crippen molar-refractivity contribution in [3.05, 3.63) is 42.0 Å². The minimum atomic E-state index is 0.635. The Balaban J connectivity index is 1.75. The fourth-order valence-electron chi connectivity index (χ4n) is 2.34. The normalized spacial score (nSPS) is 17.4. The summed E-state index contributed by atoms with van der Waals surface area (Å²) in [5.74, 6) is 0. The summed E-state index contributed by atoms with van der Waals surface area (Å²) in [5.41, 5.74) is 2.67. The highest BCUT2D eigenvalue weighted by atomic mass is 15.1. The maximum absolute atomic E-state index is 3.62. The third-order valence-corrected chi connectivity index (χ3v) is 3.49. The minimum absolute atomic E-state index is 0.635. The first kappa shape index (κ1) is 13.2. The van der Waals surface area contributed by atoms with E-state index in [9.17, 15) is 0 Å². The number of hydrogen-bond acceptors (Lipinski definition) is 2. The minimum Gasteiger partial charge on any atom is -0.382 e. The predicted octanol–water partition coefficient (Wildman–Crippen LogP) is 3.53. The van der Waals surface area contributed by atoms with E-state index in [4.69, 9.17) is 0 Å². The van der Waals surface area contributed by atoms with Gasteiger partial charge >= 0.3 is 0 Å². The highest BCUT2D eigenvalue weighted by Crippen LogP contribution is 2.16. The molecule has 2 heteroatoms. The molecule has 1 heterocycles. The SMILES string of the molecule is CC(C)=CCN1CCC(Nc2ccccc2)CC1. The van der Waals surface area contributed by atoms with Crippen LogP contribution < -0.4 is 5.32 Å². The van der Waals surface area contributed by atoms with Crippen molar-refractivity contribution in [3.8, 4) is 0 Å². The molecule has 18 heavy (non-hydrogen) atoms. The second kappa shape index (κ2) is 6.60. The van der Waals surface area contributed by atoms with Gasteiger partial charge in [-0.25, -0.2) is 0 Å². The molecule has 1 aromatic rings. The second-order valence-corrected chi connectivity index (χ2v) is 5.37. The smallest absolute Gasteiger partial charge is 0.0342 e. The summed E-state index contributed by atoms with van der Waals surface area (Å²) in [5, 5.41) is 3.62. The molecule has 1 aliphatic heterocycles. The Morgan fingerprint density at radius 2 is 1.89 bits per heavy atom. The predicted molar refractivity (Wildman–Crippen MR) is 79.0 cm³/mol. The maximum atomic E-state index is 3.62. The van der Waals surface area contributed by atoms with Gasteiger partial charge in [0.2, 0.25) is 0 Å². The highest BCUT2D eigenvalue weighted by molar-refractivity contribution is 5.43. The first-order valence-corrected chi connectivity index (χ1v) is 6.91. The van der Waals surface area contributed by atoms with Crippen molar-refractivity contribution in [1.82, 2.24) is 4.90 Å². The van der Waals surface area contributed by atoms with E-state index in [0.29, 0.717) is 6.04 Å². The molecule has 2 nitrogen and oxygen atoms in total. The van der Waals surface area contributed by atoms with Gasteiger partial charge in [0.1, 0.15) is 0 Å². The van der Waals surface area contributed by atoms with E-state index in [0.717, 1.165) is 6.54 Å². The van der Waals surface area contributed by atoms with Crippen molar-refractivity contribution >= 4 is 5.69 Å². The molecule has 1 fully saturated rings. The fourth-order valence-corrected chi connectivity index (χ4v) is 2.34. The molecule has 0 radical (unpaired) electrons. The molecule has 98 valence electrons. The molecule has 1 aliphatic rings. The first-order valence-electron chi connectivity index (χ1n) is 6.91. The summed E-state index contributed by atoms with van der Waals surface area (Å²) in [6.07, 6.45) is 4.81. The summed E-state index contributed by atoms with van der Waals surface area (Å²) in [6.45, 7) is 7.86. The van der Waals surface area contributed by atoms with Crippen molar-refractivity contribution in [1.29, 1.82) is 0 Å². The van der Waals surface area contributed by atoms with Crippen molar-refractivity contribution < 1.29 is 0 Å². The van der Waals surface area contributed by atoms with Gasteiger partial charge in [-0.05, 0) is 38.8 Å². The molecule has 0 saturated carbocycles. The Hall–Kier alpha value is -1.28. The van der Waals surface area contributed by atoms with Gasteiger partial charge in [-0.3, -0.25) is 4.90 Å². The molecule has 2 rings (SSSR count). The largest absolute Gasteiger partial charge is 0.382 e. The maximum Gasteiger partial charge on any atom is 0.0342 e. The lowest BCUT2D eigenvalue weighted by molar-refractivity contribution is 0.240. The molecule has 1 saturated heterocycles. The van der Waals surface area contributed by atoms with E-state index < -0.39 is 0 Å². The van der Waals surface area contributed by atoms with Crippen LogP contribution in [0.5, 0.6) is 0 Å². The number of allylic oxidation sites excluding steroid dienone is 1.